The van der Waals surface area contributed by atoms with Crippen molar-refractivity contribution in [1.82, 2.24) is 10.6 Å². The number of rotatable bonds is 10. The van der Waals surface area contributed by atoms with E-state index in [1.807, 2.05) is 78.9 Å². The Kier molecular flexibility index (Phi) is 8.50. The summed E-state index contributed by atoms with van der Waals surface area (Å²) in [7, 11) is 0. The largest absolute Gasteiger partial charge is 0.494 e. The molecule has 0 heterocycles. The molecule has 0 radical (unpaired) electrons. The second-order valence-electron chi connectivity index (χ2n) is 7.08. The number of carbonyl (C=O) groups is 2. The van der Waals surface area contributed by atoms with Gasteiger partial charge in [0.25, 0.3) is 0 Å². The topological polar surface area (TPSA) is 96.9 Å². The van der Waals surface area contributed by atoms with Gasteiger partial charge in [-0.15, -0.1) is 0 Å². The number of carbonyl (C=O) groups excluding carboxylic acids is 1. The van der Waals surface area contributed by atoms with Gasteiger partial charge in [0.15, 0.2) is 0 Å². The van der Waals surface area contributed by atoms with Crippen LogP contribution in [0.2, 0.25) is 0 Å². The Morgan fingerprint density at radius 1 is 0.812 bits per heavy atom. The average Bonchev–Trinajstić information content (AvgIpc) is 2.82. The maximum absolute atomic E-state index is 11.8. The van der Waals surface area contributed by atoms with Crippen molar-refractivity contribution in [3.05, 3.63) is 90.0 Å². The molecular formula is C25H26N2O5. The lowest BCUT2D eigenvalue weighted by atomic mass is 10.0. The molecule has 0 bridgehead atoms. The number of hydrogen-bond donors (Lipinski definition) is 3. The lowest BCUT2D eigenvalue weighted by Crippen LogP contribution is -2.26. The molecule has 0 aliphatic carbocycles. The molecule has 3 rings (SSSR count). The third-order valence-corrected chi connectivity index (χ3v) is 4.61. The molecule has 0 aliphatic rings. The Morgan fingerprint density at radius 2 is 1.53 bits per heavy atom. The van der Waals surface area contributed by atoms with Crippen LogP contribution in [0.15, 0.2) is 78.9 Å². The van der Waals surface area contributed by atoms with E-state index in [2.05, 4.69) is 10.6 Å². The van der Waals surface area contributed by atoms with Crippen molar-refractivity contribution in [2.24, 2.45) is 0 Å². The lowest BCUT2D eigenvalue weighted by Gasteiger charge is -2.10. The molecule has 0 aromatic heterocycles. The Morgan fingerprint density at radius 3 is 2.31 bits per heavy atom. The highest BCUT2D eigenvalue weighted by Gasteiger charge is 2.04. The van der Waals surface area contributed by atoms with E-state index in [9.17, 15) is 9.59 Å². The van der Waals surface area contributed by atoms with Gasteiger partial charge in [-0.1, -0.05) is 60.7 Å². The van der Waals surface area contributed by atoms with Crippen LogP contribution in [0, 0.1) is 0 Å². The first-order valence-electron chi connectivity index (χ1n) is 10.3. The number of alkyl carbamates (subject to hydrolysis) is 1. The fourth-order valence-corrected chi connectivity index (χ4v) is 3.03. The highest BCUT2D eigenvalue weighted by molar-refractivity contribution is 5.67. The van der Waals surface area contributed by atoms with Gasteiger partial charge < -0.3 is 25.2 Å². The second kappa shape index (κ2) is 12.0. The van der Waals surface area contributed by atoms with Crippen molar-refractivity contribution >= 4 is 12.2 Å². The maximum atomic E-state index is 11.8. The molecule has 3 aromatic carbocycles. The van der Waals surface area contributed by atoms with Crippen LogP contribution in [-0.4, -0.2) is 30.4 Å². The zero-order chi connectivity index (χ0) is 22.6. The minimum Gasteiger partial charge on any atom is -0.494 e. The van der Waals surface area contributed by atoms with Crippen molar-refractivity contribution in [1.29, 1.82) is 0 Å². The highest BCUT2D eigenvalue weighted by atomic mass is 16.5. The van der Waals surface area contributed by atoms with Gasteiger partial charge >= 0.3 is 12.2 Å². The molecule has 0 unspecified atom stereocenters. The van der Waals surface area contributed by atoms with E-state index >= 15 is 0 Å². The van der Waals surface area contributed by atoms with Crippen LogP contribution in [0.1, 0.15) is 17.5 Å². The standard InChI is InChI=1S/C25H26N2O5/c28-24(29)27-17-20-9-4-10-21(15-20)22-11-5-12-23(16-22)31-14-6-13-26-25(30)32-18-19-7-2-1-3-8-19/h1-5,7-12,15-16,27H,6,13-14,17-18H2,(H,26,30)(H,28,29). The predicted molar refractivity (Wildman–Crippen MR) is 121 cm³/mol. The minimum absolute atomic E-state index is 0.240. The van der Waals surface area contributed by atoms with Gasteiger partial charge in [-0.2, -0.15) is 0 Å². The molecule has 3 aromatic rings. The van der Waals surface area contributed by atoms with Crippen LogP contribution in [-0.2, 0) is 17.9 Å². The van der Waals surface area contributed by atoms with E-state index in [4.69, 9.17) is 14.6 Å². The van der Waals surface area contributed by atoms with Gasteiger partial charge in [-0.05, 0) is 46.9 Å². The van der Waals surface area contributed by atoms with Gasteiger partial charge in [-0.25, -0.2) is 9.59 Å². The third-order valence-electron chi connectivity index (χ3n) is 4.61. The number of benzene rings is 3. The summed E-state index contributed by atoms with van der Waals surface area (Å²) >= 11 is 0. The van der Waals surface area contributed by atoms with E-state index in [1.165, 1.54) is 0 Å². The number of ether oxygens (including phenoxy) is 2. The van der Waals surface area contributed by atoms with Crippen molar-refractivity contribution in [2.75, 3.05) is 13.2 Å². The number of carboxylic acid groups (broad SMARTS) is 1. The monoisotopic (exact) mass is 434 g/mol. The number of hydrogen-bond acceptors (Lipinski definition) is 4. The lowest BCUT2D eigenvalue weighted by molar-refractivity contribution is 0.139. The summed E-state index contributed by atoms with van der Waals surface area (Å²) in [6.07, 6.45) is -0.862. The molecule has 166 valence electrons. The summed E-state index contributed by atoms with van der Waals surface area (Å²) in [6, 6.07) is 24.9. The molecule has 32 heavy (non-hydrogen) atoms. The molecule has 0 atom stereocenters. The Balaban J connectivity index is 1.41. The zero-order valence-electron chi connectivity index (χ0n) is 17.6. The first-order chi connectivity index (χ1) is 15.6. The predicted octanol–water partition coefficient (Wildman–Crippen LogP) is 4.82. The normalized spacial score (nSPS) is 10.2. The molecule has 0 spiro atoms. The first-order valence-corrected chi connectivity index (χ1v) is 10.3. The molecule has 7 nitrogen and oxygen atoms in total. The van der Waals surface area contributed by atoms with Crippen LogP contribution in [0.5, 0.6) is 5.75 Å². The maximum Gasteiger partial charge on any atom is 0.407 e. The fourth-order valence-electron chi connectivity index (χ4n) is 3.03. The van der Waals surface area contributed by atoms with Gasteiger partial charge in [0.05, 0.1) is 6.61 Å². The summed E-state index contributed by atoms with van der Waals surface area (Å²) in [4.78, 5) is 22.4. The quantitative estimate of drug-likeness (QED) is 0.398. The molecule has 0 fully saturated rings. The van der Waals surface area contributed by atoms with Crippen LogP contribution in [0.25, 0.3) is 11.1 Å². The molecule has 2 amide bonds. The molecule has 0 aliphatic heterocycles. The van der Waals surface area contributed by atoms with E-state index in [1.54, 1.807) is 0 Å². The molecule has 7 heteroatoms. The smallest absolute Gasteiger partial charge is 0.407 e. The Labute approximate surface area is 187 Å². The number of nitrogens with one attached hydrogen (secondary N) is 2. The third kappa shape index (κ3) is 7.68. The summed E-state index contributed by atoms with van der Waals surface area (Å²) in [5.41, 5.74) is 3.77. The fraction of sp³-hybridized carbons (Fsp3) is 0.200. The van der Waals surface area contributed by atoms with Crippen molar-refractivity contribution < 1.29 is 24.2 Å². The highest BCUT2D eigenvalue weighted by Crippen LogP contribution is 2.24. The zero-order valence-corrected chi connectivity index (χ0v) is 17.6. The summed E-state index contributed by atoms with van der Waals surface area (Å²) in [5.74, 6) is 0.725. The van der Waals surface area contributed by atoms with Gasteiger partial charge in [-0.3, -0.25) is 0 Å². The van der Waals surface area contributed by atoms with Gasteiger partial charge in [0.2, 0.25) is 0 Å². The SMILES string of the molecule is O=C(O)NCc1cccc(-c2cccc(OCCCNC(=O)OCc3ccccc3)c2)c1. The van der Waals surface area contributed by atoms with Crippen molar-refractivity contribution in [3.8, 4) is 16.9 Å². The summed E-state index contributed by atoms with van der Waals surface area (Å²) < 4.78 is 11.0. The summed E-state index contributed by atoms with van der Waals surface area (Å²) in [5, 5.41) is 13.8. The molecule has 0 saturated heterocycles. The van der Waals surface area contributed by atoms with Gasteiger partial charge in [0.1, 0.15) is 12.4 Å². The van der Waals surface area contributed by atoms with Crippen molar-refractivity contribution in [2.45, 2.75) is 19.6 Å². The van der Waals surface area contributed by atoms with Crippen molar-refractivity contribution in [3.63, 3.8) is 0 Å². The van der Waals surface area contributed by atoms with E-state index in [-0.39, 0.29) is 13.2 Å². The Bertz CT molecular complexity index is 1020. The van der Waals surface area contributed by atoms with E-state index in [0.717, 1.165) is 28.0 Å². The van der Waals surface area contributed by atoms with E-state index < -0.39 is 12.2 Å². The average molecular weight is 434 g/mol. The molecular weight excluding hydrogens is 408 g/mol. The molecule has 0 saturated carbocycles. The molecule has 3 N–H and O–H groups in total. The van der Waals surface area contributed by atoms with E-state index in [0.29, 0.717) is 19.6 Å². The van der Waals surface area contributed by atoms with Crippen LogP contribution in [0.4, 0.5) is 9.59 Å². The van der Waals surface area contributed by atoms with Gasteiger partial charge in [0, 0.05) is 13.1 Å². The van der Waals surface area contributed by atoms with Crippen LogP contribution < -0.4 is 15.4 Å². The summed E-state index contributed by atoms with van der Waals surface area (Å²) in [6.45, 7) is 1.39. The number of amides is 2. The van der Waals surface area contributed by atoms with Crippen LogP contribution in [0.3, 0.4) is 0 Å². The van der Waals surface area contributed by atoms with Crippen LogP contribution >= 0.6 is 0 Å². The Hall–Kier alpha value is -4.00. The minimum atomic E-state index is -1.05. The first kappa shape index (κ1) is 22.7. The second-order valence-corrected chi connectivity index (χ2v) is 7.08.